The molecule has 0 radical (unpaired) electrons. The second-order valence-corrected chi connectivity index (χ2v) is 4.96. The lowest BCUT2D eigenvalue weighted by Gasteiger charge is -2.08. The van der Waals surface area contributed by atoms with Gasteiger partial charge < -0.3 is 5.32 Å². The number of alkyl halides is 1. The molecule has 1 nitrogen and oxygen atoms in total. The quantitative estimate of drug-likeness (QED) is 0.745. The first-order valence-electron chi connectivity index (χ1n) is 4.72. The molecule has 1 heterocycles. The molecule has 0 saturated heterocycles. The van der Waals surface area contributed by atoms with Gasteiger partial charge in [-0.2, -0.15) is 11.3 Å². The Morgan fingerprint density at radius 2 is 2.46 bits per heavy atom. The van der Waals surface area contributed by atoms with Crippen LogP contribution in [0, 0.1) is 5.92 Å². The number of rotatable bonds is 5. The van der Waals surface area contributed by atoms with E-state index in [-0.39, 0.29) is 0 Å². The average Bonchev–Trinajstić information content (AvgIpc) is 2.86. The Morgan fingerprint density at radius 3 is 3.08 bits per heavy atom. The van der Waals surface area contributed by atoms with E-state index < -0.39 is 0 Å². The normalized spacial score (nSPS) is 18.8. The first-order valence-corrected chi connectivity index (χ1v) is 6.10. The smallest absolute Gasteiger partial charge is 0.0488 e. The van der Waals surface area contributed by atoms with Gasteiger partial charge in [-0.05, 0) is 41.1 Å². The first-order chi connectivity index (χ1) is 6.36. The Balaban J connectivity index is 1.63. The Kier molecular flexibility index (Phi) is 3.25. The zero-order valence-electron chi connectivity index (χ0n) is 7.50. The van der Waals surface area contributed by atoms with E-state index in [2.05, 4.69) is 22.1 Å². The van der Waals surface area contributed by atoms with Gasteiger partial charge in [0.05, 0.1) is 0 Å². The summed E-state index contributed by atoms with van der Waals surface area (Å²) >= 11 is 7.90. The van der Waals surface area contributed by atoms with Gasteiger partial charge in [-0.3, -0.25) is 0 Å². The second-order valence-electron chi connectivity index (χ2n) is 3.62. The number of hydrogen-bond acceptors (Lipinski definition) is 2. The van der Waals surface area contributed by atoms with Crippen LogP contribution in [0.2, 0.25) is 0 Å². The lowest BCUT2D eigenvalue weighted by atomic mass is 10.2. The third-order valence-electron chi connectivity index (χ3n) is 2.38. The summed E-state index contributed by atoms with van der Waals surface area (Å²) in [6.45, 7) is 1.90. The Morgan fingerprint density at radius 1 is 1.62 bits per heavy atom. The van der Waals surface area contributed by atoms with Crippen molar-refractivity contribution in [3.8, 4) is 0 Å². The van der Waals surface area contributed by atoms with Crippen molar-refractivity contribution in [2.45, 2.75) is 24.8 Å². The molecule has 1 aromatic heterocycles. The standard InChI is InChI=1S/C10H14ClNS/c11-10(9-1-2-9)6-12-5-8-3-4-13-7-8/h3-4,7,9-10,12H,1-2,5-6H2. The molecule has 1 unspecified atom stereocenters. The molecular weight excluding hydrogens is 202 g/mol. The summed E-state index contributed by atoms with van der Waals surface area (Å²) in [7, 11) is 0. The molecule has 3 heteroatoms. The highest BCUT2D eigenvalue weighted by Gasteiger charge is 2.28. The van der Waals surface area contributed by atoms with Gasteiger partial charge in [-0.15, -0.1) is 11.6 Å². The van der Waals surface area contributed by atoms with Crippen molar-refractivity contribution in [1.82, 2.24) is 5.32 Å². The summed E-state index contributed by atoms with van der Waals surface area (Å²) in [4.78, 5) is 0. The Labute approximate surface area is 88.1 Å². The molecule has 1 atom stereocenters. The number of nitrogens with one attached hydrogen (secondary N) is 1. The van der Waals surface area contributed by atoms with Crippen molar-refractivity contribution < 1.29 is 0 Å². The number of hydrogen-bond donors (Lipinski definition) is 1. The van der Waals surface area contributed by atoms with Crippen LogP contribution in [0.5, 0.6) is 0 Å². The fraction of sp³-hybridized carbons (Fsp3) is 0.600. The zero-order valence-corrected chi connectivity index (χ0v) is 9.07. The molecule has 0 aliphatic heterocycles. The van der Waals surface area contributed by atoms with Crippen LogP contribution in [0.15, 0.2) is 16.8 Å². The van der Waals surface area contributed by atoms with Crippen molar-refractivity contribution in [1.29, 1.82) is 0 Å². The molecule has 0 spiro atoms. The molecule has 1 fully saturated rings. The fourth-order valence-electron chi connectivity index (χ4n) is 1.37. The first kappa shape index (κ1) is 9.50. The third kappa shape index (κ3) is 2.97. The van der Waals surface area contributed by atoms with Crippen LogP contribution in [0.1, 0.15) is 18.4 Å². The molecular formula is C10H14ClNS. The van der Waals surface area contributed by atoms with Crippen molar-refractivity contribution >= 4 is 22.9 Å². The Bertz CT molecular complexity index is 243. The predicted octanol–water partition coefficient (Wildman–Crippen LogP) is 2.86. The van der Waals surface area contributed by atoms with E-state index in [9.17, 15) is 0 Å². The maximum atomic E-state index is 6.16. The van der Waals surface area contributed by atoms with Crippen LogP contribution >= 0.6 is 22.9 Å². The summed E-state index contributed by atoms with van der Waals surface area (Å²) in [5.41, 5.74) is 1.37. The van der Waals surface area contributed by atoms with Crippen LogP contribution in [-0.2, 0) is 6.54 Å². The third-order valence-corrected chi connectivity index (χ3v) is 3.62. The summed E-state index contributed by atoms with van der Waals surface area (Å²) < 4.78 is 0. The maximum Gasteiger partial charge on any atom is 0.0488 e. The largest absolute Gasteiger partial charge is 0.311 e. The minimum Gasteiger partial charge on any atom is -0.311 e. The molecule has 0 aromatic carbocycles. The van der Waals surface area contributed by atoms with Crippen molar-refractivity contribution in [3.63, 3.8) is 0 Å². The van der Waals surface area contributed by atoms with Crippen molar-refractivity contribution in [2.75, 3.05) is 6.54 Å². The van der Waals surface area contributed by atoms with Gasteiger partial charge in [-0.25, -0.2) is 0 Å². The van der Waals surface area contributed by atoms with Gasteiger partial charge in [0.1, 0.15) is 0 Å². The van der Waals surface area contributed by atoms with Crippen LogP contribution in [0.4, 0.5) is 0 Å². The molecule has 13 heavy (non-hydrogen) atoms. The SMILES string of the molecule is ClC(CNCc1ccsc1)C1CC1. The van der Waals surface area contributed by atoms with E-state index in [1.807, 2.05) is 0 Å². The van der Waals surface area contributed by atoms with Gasteiger partial charge >= 0.3 is 0 Å². The molecule has 72 valence electrons. The zero-order chi connectivity index (χ0) is 9.10. The van der Waals surface area contributed by atoms with Crippen LogP contribution < -0.4 is 5.32 Å². The molecule has 1 aliphatic carbocycles. The van der Waals surface area contributed by atoms with E-state index in [0.717, 1.165) is 19.0 Å². The summed E-state index contributed by atoms with van der Waals surface area (Å²) in [6.07, 6.45) is 2.66. The molecule has 0 bridgehead atoms. The van der Waals surface area contributed by atoms with Gasteiger partial charge in [-0.1, -0.05) is 0 Å². The minimum atomic E-state index is 0.346. The van der Waals surface area contributed by atoms with E-state index in [0.29, 0.717) is 5.38 Å². The van der Waals surface area contributed by atoms with E-state index in [1.54, 1.807) is 11.3 Å². The summed E-state index contributed by atoms with van der Waals surface area (Å²) in [5, 5.41) is 8.01. The lowest BCUT2D eigenvalue weighted by molar-refractivity contribution is 0.621. The topological polar surface area (TPSA) is 12.0 Å². The van der Waals surface area contributed by atoms with Crippen LogP contribution in [-0.4, -0.2) is 11.9 Å². The van der Waals surface area contributed by atoms with Gasteiger partial charge in [0, 0.05) is 18.5 Å². The average molecular weight is 216 g/mol. The van der Waals surface area contributed by atoms with E-state index in [1.165, 1.54) is 18.4 Å². The second kappa shape index (κ2) is 4.45. The number of thiophene rings is 1. The van der Waals surface area contributed by atoms with E-state index in [4.69, 9.17) is 11.6 Å². The van der Waals surface area contributed by atoms with Gasteiger partial charge in [0.15, 0.2) is 0 Å². The number of halogens is 1. The Hall–Kier alpha value is -0.0500. The lowest BCUT2D eigenvalue weighted by Crippen LogP contribution is -2.23. The van der Waals surface area contributed by atoms with Gasteiger partial charge in [0.2, 0.25) is 0 Å². The van der Waals surface area contributed by atoms with Gasteiger partial charge in [0.25, 0.3) is 0 Å². The highest BCUT2D eigenvalue weighted by atomic mass is 35.5. The summed E-state index contributed by atoms with van der Waals surface area (Å²) in [5.74, 6) is 0.789. The monoisotopic (exact) mass is 215 g/mol. The highest BCUT2D eigenvalue weighted by Crippen LogP contribution is 2.35. The molecule has 1 aromatic rings. The minimum absolute atomic E-state index is 0.346. The molecule has 2 rings (SSSR count). The van der Waals surface area contributed by atoms with Crippen LogP contribution in [0.25, 0.3) is 0 Å². The molecule has 1 N–H and O–H groups in total. The maximum absolute atomic E-state index is 6.16. The van der Waals surface area contributed by atoms with Crippen molar-refractivity contribution in [3.05, 3.63) is 22.4 Å². The van der Waals surface area contributed by atoms with Crippen LogP contribution in [0.3, 0.4) is 0 Å². The predicted molar refractivity (Wildman–Crippen MR) is 58.4 cm³/mol. The fourth-order valence-corrected chi connectivity index (χ4v) is 2.40. The molecule has 1 saturated carbocycles. The summed E-state index contributed by atoms with van der Waals surface area (Å²) in [6, 6.07) is 2.15. The van der Waals surface area contributed by atoms with E-state index >= 15 is 0 Å². The van der Waals surface area contributed by atoms with Crippen molar-refractivity contribution in [2.24, 2.45) is 5.92 Å². The molecule has 1 aliphatic rings. The molecule has 0 amide bonds. The highest BCUT2D eigenvalue weighted by molar-refractivity contribution is 7.07.